The lowest BCUT2D eigenvalue weighted by Gasteiger charge is -2.02. The fraction of sp³-hybridized carbons (Fsp3) is 0.429. The van der Waals surface area contributed by atoms with Crippen LogP contribution in [0.1, 0.15) is 37.9 Å². The maximum atomic E-state index is 5.83. The molecule has 1 saturated carbocycles. The maximum absolute atomic E-state index is 5.83. The zero-order valence-corrected chi connectivity index (χ0v) is 11.7. The Kier molecular flexibility index (Phi) is 2.97. The molecule has 1 aromatic heterocycles. The van der Waals surface area contributed by atoms with Crippen LogP contribution in [0, 0.1) is 5.41 Å². The minimum absolute atomic E-state index is 0.324. The molecule has 1 unspecified atom stereocenters. The number of aromatic nitrogens is 2. The van der Waals surface area contributed by atoms with Crippen LogP contribution >= 0.6 is 11.6 Å². The van der Waals surface area contributed by atoms with Crippen molar-refractivity contribution < 1.29 is 4.52 Å². The van der Waals surface area contributed by atoms with Gasteiger partial charge in [0.1, 0.15) is 0 Å². The molecule has 1 aliphatic carbocycles. The predicted octanol–water partition coefficient (Wildman–Crippen LogP) is 3.85. The van der Waals surface area contributed by atoms with Gasteiger partial charge in [-0.1, -0.05) is 30.6 Å². The number of nitrogens with one attached hydrogen (secondary N) is 1. The van der Waals surface area contributed by atoms with Gasteiger partial charge in [-0.15, -0.1) is 0 Å². The van der Waals surface area contributed by atoms with E-state index in [0.29, 0.717) is 23.8 Å². The van der Waals surface area contributed by atoms with E-state index in [1.165, 1.54) is 0 Å². The zero-order valence-electron chi connectivity index (χ0n) is 11.0. The Hall–Kier alpha value is -1.55. The smallest absolute Gasteiger partial charge is 0.245 e. The Labute approximate surface area is 117 Å². The van der Waals surface area contributed by atoms with Crippen LogP contribution in [0.3, 0.4) is 0 Å². The number of nitrogens with zero attached hydrogens (tertiary/aromatic N) is 2. The molecule has 0 spiro atoms. The van der Waals surface area contributed by atoms with Crippen molar-refractivity contribution in [3.8, 4) is 0 Å². The van der Waals surface area contributed by atoms with Crippen LogP contribution in [0.15, 0.2) is 28.8 Å². The first-order valence-electron chi connectivity index (χ1n) is 6.36. The highest BCUT2D eigenvalue weighted by Crippen LogP contribution is 2.57. The molecular weight excluding hydrogens is 262 g/mol. The second-order valence-electron chi connectivity index (χ2n) is 5.65. The summed E-state index contributed by atoms with van der Waals surface area (Å²) in [6.45, 7) is 4.97. The molecule has 5 heteroatoms. The summed E-state index contributed by atoms with van der Waals surface area (Å²) in [6, 6.07) is 7.53. The van der Waals surface area contributed by atoms with Crippen molar-refractivity contribution in [2.75, 3.05) is 5.32 Å². The molecule has 2 aromatic rings. The first-order chi connectivity index (χ1) is 9.04. The molecule has 1 fully saturated rings. The molecule has 19 heavy (non-hydrogen) atoms. The van der Waals surface area contributed by atoms with Gasteiger partial charge in [0.15, 0.2) is 5.82 Å². The molecule has 3 rings (SSSR count). The molecule has 0 amide bonds. The number of hydrogen-bond acceptors (Lipinski definition) is 4. The molecule has 0 aliphatic heterocycles. The minimum atomic E-state index is 0.324. The van der Waals surface area contributed by atoms with E-state index >= 15 is 0 Å². The van der Waals surface area contributed by atoms with Gasteiger partial charge in [-0.3, -0.25) is 0 Å². The summed E-state index contributed by atoms with van der Waals surface area (Å²) < 4.78 is 5.26. The molecule has 1 aromatic carbocycles. The van der Waals surface area contributed by atoms with Gasteiger partial charge >= 0.3 is 0 Å². The van der Waals surface area contributed by atoms with E-state index < -0.39 is 0 Å². The molecule has 1 heterocycles. The van der Waals surface area contributed by atoms with Gasteiger partial charge in [-0.25, -0.2) is 0 Å². The normalized spacial score (nSPS) is 20.3. The third-order valence-electron chi connectivity index (χ3n) is 3.60. The Bertz CT molecular complexity index is 577. The summed E-state index contributed by atoms with van der Waals surface area (Å²) >= 11 is 5.83. The van der Waals surface area contributed by atoms with Gasteiger partial charge in [0, 0.05) is 16.6 Å². The van der Waals surface area contributed by atoms with Crippen molar-refractivity contribution in [3.63, 3.8) is 0 Å². The topological polar surface area (TPSA) is 51.0 Å². The summed E-state index contributed by atoms with van der Waals surface area (Å²) in [5, 5.41) is 8.00. The maximum Gasteiger partial charge on any atom is 0.245 e. The monoisotopic (exact) mass is 277 g/mol. The molecule has 100 valence electrons. The number of halogens is 1. The van der Waals surface area contributed by atoms with Crippen LogP contribution in [0.4, 0.5) is 5.69 Å². The first kappa shape index (κ1) is 12.5. The first-order valence-corrected chi connectivity index (χ1v) is 6.74. The summed E-state index contributed by atoms with van der Waals surface area (Å²) in [7, 11) is 0. The van der Waals surface area contributed by atoms with E-state index in [1.54, 1.807) is 0 Å². The average molecular weight is 278 g/mol. The summed E-state index contributed by atoms with van der Waals surface area (Å²) in [4.78, 5) is 4.43. The highest BCUT2D eigenvalue weighted by molar-refractivity contribution is 6.30. The Balaban J connectivity index is 1.60. The zero-order chi connectivity index (χ0) is 13.5. The molecule has 0 radical (unpaired) electrons. The largest absolute Gasteiger partial charge is 0.376 e. The van der Waals surface area contributed by atoms with Crippen LogP contribution in [0.2, 0.25) is 5.02 Å². The lowest BCUT2D eigenvalue weighted by Crippen LogP contribution is -2.00. The second kappa shape index (κ2) is 4.53. The Morgan fingerprint density at radius 1 is 1.37 bits per heavy atom. The van der Waals surface area contributed by atoms with Gasteiger partial charge in [-0.05, 0) is 36.1 Å². The average Bonchev–Trinajstić information content (AvgIpc) is 2.83. The SMILES string of the molecule is CC1(C)CC1c1noc(CNc2ccc(Cl)cc2)n1. The van der Waals surface area contributed by atoms with E-state index in [2.05, 4.69) is 29.3 Å². The van der Waals surface area contributed by atoms with E-state index in [0.717, 1.165) is 23.0 Å². The van der Waals surface area contributed by atoms with Crippen molar-refractivity contribution in [2.45, 2.75) is 32.7 Å². The molecule has 4 nitrogen and oxygen atoms in total. The summed E-state index contributed by atoms with van der Waals surface area (Å²) in [5.74, 6) is 1.89. The predicted molar refractivity (Wildman–Crippen MR) is 74.2 cm³/mol. The number of rotatable bonds is 4. The third kappa shape index (κ3) is 2.73. The fourth-order valence-electron chi connectivity index (χ4n) is 2.13. The van der Waals surface area contributed by atoms with E-state index in [9.17, 15) is 0 Å². The van der Waals surface area contributed by atoms with Gasteiger partial charge in [0.2, 0.25) is 5.89 Å². The molecular formula is C14H16ClN3O. The van der Waals surface area contributed by atoms with E-state index in [-0.39, 0.29) is 0 Å². The number of hydrogen-bond donors (Lipinski definition) is 1. The van der Waals surface area contributed by atoms with Gasteiger partial charge < -0.3 is 9.84 Å². The van der Waals surface area contributed by atoms with Crippen LogP contribution in [0.5, 0.6) is 0 Å². The highest BCUT2D eigenvalue weighted by Gasteiger charge is 2.49. The Morgan fingerprint density at radius 2 is 2.05 bits per heavy atom. The Morgan fingerprint density at radius 3 is 2.68 bits per heavy atom. The molecule has 0 bridgehead atoms. The number of benzene rings is 1. The molecule has 1 atom stereocenters. The summed E-state index contributed by atoms with van der Waals surface area (Å²) in [6.07, 6.45) is 1.14. The molecule has 1 aliphatic rings. The second-order valence-corrected chi connectivity index (χ2v) is 6.09. The van der Waals surface area contributed by atoms with Gasteiger partial charge in [-0.2, -0.15) is 4.98 Å². The van der Waals surface area contributed by atoms with Crippen molar-refractivity contribution in [1.82, 2.24) is 10.1 Å². The minimum Gasteiger partial charge on any atom is -0.376 e. The quantitative estimate of drug-likeness (QED) is 0.922. The molecule has 0 saturated heterocycles. The molecule has 1 N–H and O–H groups in total. The highest BCUT2D eigenvalue weighted by atomic mass is 35.5. The van der Waals surface area contributed by atoms with Crippen molar-refractivity contribution >= 4 is 17.3 Å². The van der Waals surface area contributed by atoms with E-state index in [4.69, 9.17) is 16.1 Å². The van der Waals surface area contributed by atoms with Crippen LogP contribution in [-0.4, -0.2) is 10.1 Å². The van der Waals surface area contributed by atoms with Crippen molar-refractivity contribution in [1.29, 1.82) is 0 Å². The number of anilines is 1. The van der Waals surface area contributed by atoms with Gasteiger partial charge in [0.05, 0.1) is 6.54 Å². The van der Waals surface area contributed by atoms with Crippen LogP contribution < -0.4 is 5.32 Å². The fourth-order valence-corrected chi connectivity index (χ4v) is 2.26. The van der Waals surface area contributed by atoms with Crippen molar-refractivity contribution in [3.05, 3.63) is 41.0 Å². The third-order valence-corrected chi connectivity index (χ3v) is 3.85. The summed E-state index contributed by atoms with van der Waals surface area (Å²) in [5.41, 5.74) is 1.31. The van der Waals surface area contributed by atoms with Crippen molar-refractivity contribution in [2.24, 2.45) is 5.41 Å². The standard InChI is InChI=1S/C14H16ClN3O/c1-14(2)7-11(14)13-17-12(19-18-13)8-16-10-5-3-9(15)4-6-10/h3-6,11,16H,7-8H2,1-2H3. The van der Waals surface area contributed by atoms with E-state index in [1.807, 2.05) is 24.3 Å². The van der Waals surface area contributed by atoms with Crippen LogP contribution in [-0.2, 0) is 6.54 Å². The van der Waals surface area contributed by atoms with Gasteiger partial charge in [0.25, 0.3) is 0 Å². The lowest BCUT2D eigenvalue weighted by atomic mass is 10.1. The lowest BCUT2D eigenvalue weighted by molar-refractivity contribution is 0.376. The van der Waals surface area contributed by atoms with Crippen LogP contribution in [0.25, 0.3) is 0 Å².